The summed E-state index contributed by atoms with van der Waals surface area (Å²) in [6, 6.07) is 0.552. The van der Waals surface area contributed by atoms with Gasteiger partial charge in [0.05, 0.1) is 0 Å². The predicted molar refractivity (Wildman–Crippen MR) is 63.3 cm³/mol. The molecule has 0 fully saturated rings. The van der Waals surface area contributed by atoms with Crippen LogP contribution in [0.25, 0.3) is 0 Å². The Kier molecular flexibility index (Phi) is 7.03. The zero-order chi connectivity index (χ0) is 12.7. The molecule has 0 heterocycles. The molecule has 6 nitrogen and oxygen atoms in total. The number of hydrogen-bond donors (Lipinski definition) is 1. The molecule has 0 spiro atoms. The Hall–Kier alpha value is -0.253. The second-order valence-corrected chi connectivity index (χ2v) is 7.81. The van der Waals surface area contributed by atoms with Gasteiger partial charge < -0.3 is 13.3 Å². The lowest BCUT2D eigenvalue weighted by Crippen LogP contribution is -2.43. The largest absolute Gasteiger partial charge is 0.500 e. The van der Waals surface area contributed by atoms with Crippen molar-refractivity contribution < 1.29 is 21.7 Å². The van der Waals surface area contributed by atoms with Gasteiger partial charge in [0.2, 0.25) is 10.0 Å². The molecule has 0 atom stereocenters. The molecule has 0 saturated heterocycles. The average Bonchev–Trinajstić information content (AvgIpc) is 2.30. The van der Waals surface area contributed by atoms with Crippen LogP contribution in [-0.4, -0.2) is 45.1 Å². The molecule has 0 aliphatic carbocycles. The summed E-state index contributed by atoms with van der Waals surface area (Å²) >= 11 is 0. The maximum absolute atomic E-state index is 11.0. The minimum atomic E-state index is -3.35. The van der Waals surface area contributed by atoms with Crippen LogP contribution in [0.2, 0.25) is 6.04 Å². The quantitative estimate of drug-likeness (QED) is 0.482. The Morgan fingerprint density at radius 2 is 1.75 bits per heavy atom. The molecule has 0 rings (SSSR count). The van der Waals surface area contributed by atoms with Gasteiger partial charge >= 0.3 is 8.80 Å². The highest BCUT2D eigenvalue weighted by atomic mass is 32.2. The first-order valence-corrected chi connectivity index (χ1v) is 8.20. The lowest BCUT2D eigenvalue weighted by atomic mass is 10.5. The second kappa shape index (κ2) is 7.15. The standard InChI is InChI=1S/C8H19NO5SSi/c1-5-15(10,11)9-7-6-8-16(12-2,13-3)14-4/h5,9H,1,6-8H2,2-4H3. The molecule has 0 saturated carbocycles. The number of nitrogens with one attached hydrogen (secondary N) is 1. The molecule has 0 radical (unpaired) electrons. The summed E-state index contributed by atoms with van der Waals surface area (Å²) in [7, 11) is -1.37. The fourth-order valence-corrected chi connectivity index (χ4v) is 3.40. The van der Waals surface area contributed by atoms with Crippen molar-refractivity contribution in [1.29, 1.82) is 0 Å². The van der Waals surface area contributed by atoms with Gasteiger partial charge in [0, 0.05) is 39.3 Å². The van der Waals surface area contributed by atoms with E-state index in [2.05, 4.69) is 11.3 Å². The highest BCUT2D eigenvalue weighted by Crippen LogP contribution is 2.14. The van der Waals surface area contributed by atoms with E-state index in [4.69, 9.17) is 13.3 Å². The summed E-state index contributed by atoms with van der Waals surface area (Å²) in [6.07, 6.45) is 0.578. The summed E-state index contributed by atoms with van der Waals surface area (Å²) in [5, 5.41) is 0.876. The molecular weight excluding hydrogens is 250 g/mol. The normalized spacial score (nSPS) is 12.7. The molecule has 0 unspecified atom stereocenters. The SMILES string of the molecule is C=CS(=O)(=O)NCCC[Si](OC)(OC)OC. The molecule has 0 aromatic carbocycles. The van der Waals surface area contributed by atoms with Crippen molar-refractivity contribution in [3.63, 3.8) is 0 Å². The molecule has 1 N–H and O–H groups in total. The molecule has 0 amide bonds. The summed E-state index contributed by atoms with van der Waals surface area (Å²) in [5.74, 6) is 0. The number of rotatable bonds is 9. The van der Waals surface area contributed by atoms with Crippen LogP contribution in [-0.2, 0) is 23.3 Å². The van der Waals surface area contributed by atoms with Crippen molar-refractivity contribution in [2.45, 2.75) is 12.5 Å². The smallest absolute Gasteiger partial charge is 0.377 e. The van der Waals surface area contributed by atoms with Crippen LogP contribution < -0.4 is 4.72 Å². The van der Waals surface area contributed by atoms with Gasteiger partial charge in [0.1, 0.15) is 0 Å². The van der Waals surface area contributed by atoms with Gasteiger partial charge in [-0.1, -0.05) is 6.58 Å². The van der Waals surface area contributed by atoms with Crippen LogP contribution in [0.5, 0.6) is 0 Å². The summed E-state index contributed by atoms with van der Waals surface area (Å²) in [4.78, 5) is 0. The van der Waals surface area contributed by atoms with Crippen molar-refractivity contribution in [3.05, 3.63) is 12.0 Å². The molecule has 8 heteroatoms. The van der Waals surface area contributed by atoms with E-state index in [1.807, 2.05) is 0 Å². The number of hydrogen-bond acceptors (Lipinski definition) is 5. The van der Waals surface area contributed by atoms with Crippen molar-refractivity contribution in [2.24, 2.45) is 0 Å². The van der Waals surface area contributed by atoms with Gasteiger partial charge in [0.15, 0.2) is 0 Å². The Morgan fingerprint density at radius 3 is 2.12 bits per heavy atom. The fraction of sp³-hybridized carbons (Fsp3) is 0.750. The van der Waals surface area contributed by atoms with Crippen molar-refractivity contribution >= 4 is 18.8 Å². The molecular formula is C8H19NO5SSi. The van der Waals surface area contributed by atoms with Crippen molar-refractivity contribution in [2.75, 3.05) is 27.9 Å². The van der Waals surface area contributed by atoms with E-state index in [-0.39, 0.29) is 0 Å². The third kappa shape index (κ3) is 5.19. The van der Waals surface area contributed by atoms with E-state index in [1.165, 1.54) is 21.3 Å². The molecule has 96 valence electrons. The van der Waals surface area contributed by atoms with E-state index in [1.54, 1.807) is 0 Å². The van der Waals surface area contributed by atoms with Gasteiger partial charge in [-0.2, -0.15) is 0 Å². The third-order valence-electron chi connectivity index (χ3n) is 2.12. The summed E-state index contributed by atoms with van der Waals surface area (Å²) in [5.41, 5.74) is 0. The monoisotopic (exact) mass is 269 g/mol. The van der Waals surface area contributed by atoms with E-state index >= 15 is 0 Å². The molecule has 0 bridgehead atoms. The maximum Gasteiger partial charge on any atom is 0.500 e. The first-order chi connectivity index (χ1) is 7.45. The van der Waals surface area contributed by atoms with Crippen LogP contribution in [0.1, 0.15) is 6.42 Å². The highest BCUT2D eigenvalue weighted by Gasteiger charge is 2.36. The molecule has 0 aromatic heterocycles. The maximum atomic E-state index is 11.0. The summed E-state index contributed by atoms with van der Waals surface area (Å²) < 4.78 is 40.0. The minimum absolute atomic E-state index is 0.305. The Labute approximate surface area is 98.0 Å². The first kappa shape index (κ1) is 15.7. The lowest BCUT2D eigenvalue weighted by Gasteiger charge is -2.24. The van der Waals surface area contributed by atoms with E-state index in [9.17, 15) is 8.42 Å². The van der Waals surface area contributed by atoms with E-state index in [0.717, 1.165) is 5.41 Å². The average molecular weight is 269 g/mol. The van der Waals surface area contributed by atoms with Crippen LogP contribution in [0, 0.1) is 0 Å². The molecule has 0 aliphatic heterocycles. The van der Waals surface area contributed by atoms with Gasteiger partial charge in [-0.3, -0.25) is 0 Å². The highest BCUT2D eigenvalue weighted by molar-refractivity contribution is 7.92. The Morgan fingerprint density at radius 1 is 1.25 bits per heavy atom. The third-order valence-corrected chi connectivity index (χ3v) is 5.99. The lowest BCUT2D eigenvalue weighted by molar-refractivity contribution is 0.123. The molecule has 0 aliphatic rings. The molecule has 0 aromatic rings. The molecule has 16 heavy (non-hydrogen) atoms. The predicted octanol–water partition coefficient (Wildman–Crippen LogP) is 0.317. The van der Waals surface area contributed by atoms with Gasteiger partial charge in [-0.05, 0) is 6.42 Å². The van der Waals surface area contributed by atoms with E-state index < -0.39 is 18.8 Å². The fourth-order valence-electron chi connectivity index (χ4n) is 1.13. The van der Waals surface area contributed by atoms with Crippen LogP contribution >= 0.6 is 0 Å². The zero-order valence-electron chi connectivity index (χ0n) is 9.86. The van der Waals surface area contributed by atoms with Gasteiger partial charge in [-0.25, -0.2) is 13.1 Å². The van der Waals surface area contributed by atoms with Crippen LogP contribution in [0.4, 0.5) is 0 Å². The van der Waals surface area contributed by atoms with Crippen LogP contribution in [0.15, 0.2) is 12.0 Å². The number of sulfonamides is 1. The second-order valence-electron chi connectivity index (χ2n) is 3.00. The van der Waals surface area contributed by atoms with Crippen molar-refractivity contribution in [1.82, 2.24) is 4.72 Å². The minimum Gasteiger partial charge on any atom is -0.377 e. The van der Waals surface area contributed by atoms with Gasteiger partial charge in [0.25, 0.3) is 0 Å². The van der Waals surface area contributed by atoms with E-state index in [0.29, 0.717) is 19.0 Å². The topological polar surface area (TPSA) is 73.9 Å². The zero-order valence-corrected chi connectivity index (χ0v) is 11.7. The van der Waals surface area contributed by atoms with Gasteiger partial charge in [-0.15, -0.1) is 0 Å². The van der Waals surface area contributed by atoms with Crippen LogP contribution in [0.3, 0.4) is 0 Å². The Bertz CT molecular complexity index is 293. The summed E-state index contributed by atoms with van der Waals surface area (Å²) in [6.45, 7) is 3.50. The first-order valence-electron chi connectivity index (χ1n) is 4.73. The Balaban J connectivity index is 4.02. The van der Waals surface area contributed by atoms with Crippen molar-refractivity contribution in [3.8, 4) is 0 Å².